The molecule has 0 aromatic rings. The van der Waals surface area contributed by atoms with E-state index in [9.17, 15) is 0 Å². The Balaban J connectivity index is 3.49. The van der Waals surface area contributed by atoms with Crippen molar-refractivity contribution in [1.29, 1.82) is 0 Å². The molecule has 0 aliphatic rings. The minimum atomic E-state index is 0.313. The Kier molecular flexibility index (Phi) is 5.09. The first-order chi connectivity index (χ1) is 4.66. The molecule has 0 saturated carbocycles. The van der Waals surface area contributed by atoms with Crippen LogP contribution < -0.4 is 0 Å². The van der Waals surface area contributed by atoms with E-state index in [1.165, 1.54) is 6.42 Å². The number of allylic oxidation sites excluding steroid dienone is 2. The van der Waals surface area contributed by atoms with Gasteiger partial charge in [0.2, 0.25) is 0 Å². The lowest BCUT2D eigenvalue weighted by atomic mass is 10.3. The van der Waals surface area contributed by atoms with Gasteiger partial charge in [0.1, 0.15) is 0 Å². The standard InChI is InChI=1S/C9H18O/c1-5-6-7-9(4)10-8(2)3/h7-8H,5-6H2,1-4H3. The van der Waals surface area contributed by atoms with E-state index < -0.39 is 0 Å². The third-order valence-corrected chi connectivity index (χ3v) is 1.14. The molecule has 0 aliphatic carbocycles. The van der Waals surface area contributed by atoms with Crippen LogP contribution in [0.1, 0.15) is 40.5 Å². The van der Waals surface area contributed by atoms with Crippen molar-refractivity contribution < 1.29 is 4.74 Å². The zero-order valence-corrected chi connectivity index (χ0v) is 7.48. The molecule has 0 rings (SSSR count). The van der Waals surface area contributed by atoms with Crippen LogP contribution in [0.25, 0.3) is 0 Å². The van der Waals surface area contributed by atoms with E-state index >= 15 is 0 Å². The fraction of sp³-hybridized carbons (Fsp3) is 0.778. The molecular weight excluding hydrogens is 124 g/mol. The van der Waals surface area contributed by atoms with Crippen LogP contribution in [0.4, 0.5) is 0 Å². The van der Waals surface area contributed by atoms with Crippen LogP contribution in [0.2, 0.25) is 0 Å². The van der Waals surface area contributed by atoms with Crippen molar-refractivity contribution in [2.45, 2.75) is 46.6 Å². The average Bonchev–Trinajstić information content (AvgIpc) is 1.82. The Hall–Kier alpha value is -0.460. The predicted molar refractivity (Wildman–Crippen MR) is 44.9 cm³/mol. The summed E-state index contributed by atoms with van der Waals surface area (Å²) in [6.45, 7) is 8.27. The normalized spacial score (nSPS) is 12.3. The zero-order chi connectivity index (χ0) is 7.98. The first-order valence-electron chi connectivity index (χ1n) is 4.00. The van der Waals surface area contributed by atoms with Crippen molar-refractivity contribution in [3.05, 3.63) is 11.8 Å². The van der Waals surface area contributed by atoms with Crippen molar-refractivity contribution >= 4 is 0 Å². The molecule has 0 bridgehead atoms. The molecule has 0 radical (unpaired) electrons. The Morgan fingerprint density at radius 1 is 1.50 bits per heavy atom. The Labute approximate surface area is 64.1 Å². The lowest BCUT2D eigenvalue weighted by Crippen LogP contribution is -1.99. The van der Waals surface area contributed by atoms with Gasteiger partial charge in [-0.2, -0.15) is 0 Å². The molecule has 0 amide bonds. The SMILES string of the molecule is CCCC=C(C)OC(C)C. The fourth-order valence-electron chi connectivity index (χ4n) is 0.767. The molecule has 0 atom stereocenters. The molecule has 0 aromatic heterocycles. The van der Waals surface area contributed by atoms with E-state index in [1.807, 2.05) is 20.8 Å². The Morgan fingerprint density at radius 3 is 2.50 bits per heavy atom. The van der Waals surface area contributed by atoms with Crippen molar-refractivity contribution in [3.8, 4) is 0 Å². The molecule has 0 aliphatic heterocycles. The second-order valence-electron chi connectivity index (χ2n) is 2.77. The van der Waals surface area contributed by atoms with Gasteiger partial charge in [-0.3, -0.25) is 0 Å². The fourth-order valence-corrected chi connectivity index (χ4v) is 0.767. The number of hydrogen-bond acceptors (Lipinski definition) is 1. The first kappa shape index (κ1) is 9.54. The molecule has 0 aromatic carbocycles. The summed E-state index contributed by atoms with van der Waals surface area (Å²) in [6.07, 6.45) is 4.77. The summed E-state index contributed by atoms with van der Waals surface area (Å²) in [6, 6.07) is 0. The van der Waals surface area contributed by atoms with Crippen molar-refractivity contribution in [2.75, 3.05) is 0 Å². The minimum Gasteiger partial charge on any atom is -0.496 e. The van der Waals surface area contributed by atoms with E-state index in [0.29, 0.717) is 6.10 Å². The van der Waals surface area contributed by atoms with Gasteiger partial charge in [-0.1, -0.05) is 13.3 Å². The molecule has 0 heterocycles. The summed E-state index contributed by atoms with van der Waals surface area (Å²) in [5, 5.41) is 0. The highest BCUT2D eigenvalue weighted by molar-refractivity contribution is 4.88. The van der Waals surface area contributed by atoms with Gasteiger partial charge in [0, 0.05) is 0 Å². The maximum atomic E-state index is 5.41. The monoisotopic (exact) mass is 142 g/mol. The molecule has 1 nitrogen and oxygen atoms in total. The third kappa shape index (κ3) is 5.67. The number of ether oxygens (including phenoxy) is 1. The largest absolute Gasteiger partial charge is 0.496 e. The maximum Gasteiger partial charge on any atom is 0.0926 e. The molecule has 0 N–H and O–H groups in total. The summed E-state index contributed by atoms with van der Waals surface area (Å²) in [7, 11) is 0. The van der Waals surface area contributed by atoms with Crippen LogP contribution in [0.3, 0.4) is 0 Å². The molecule has 0 saturated heterocycles. The highest BCUT2D eigenvalue weighted by atomic mass is 16.5. The van der Waals surface area contributed by atoms with E-state index in [4.69, 9.17) is 4.74 Å². The van der Waals surface area contributed by atoms with Crippen molar-refractivity contribution in [3.63, 3.8) is 0 Å². The summed E-state index contributed by atoms with van der Waals surface area (Å²) >= 11 is 0. The van der Waals surface area contributed by atoms with Gasteiger partial charge in [0.15, 0.2) is 0 Å². The molecule has 10 heavy (non-hydrogen) atoms. The summed E-state index contributed by atoms with van der Waals surface area (Å²) in [5.41, 5.74) is 0. The van der Waals surface area contributed by atoms with Crippen molar-refractivity contribution in [1.82, 2.24) is 0 Å². The molecule has 0 spiro atoms. The lowest BCUT2D eigenvalue weighted by Gasteiger charge is -2.08. The van der Waals surface area contributed by atoms with Gasteiger partial charge in [0.25, 0.3) is 0 Å². The van der Waals surface area contributed by atoms with E-state index in [2.05, 4.69) is 13.0 Å². The quantitative estimate of drug-likeness (QED) is 0.548. The molecule has 1 heteroatoms. The van der Waals surface area contributed by atoms with Crippen LogP contribution in [0, 0.1) is 0 Å². The van der Waals surface area contributed by atoms with Gasteiger partial charge in [-0.05, 0) is 33.3 Å². The van der Waals surface area contributed by atoms with E-state index in [1.54, 1.807) is 0 Å². The summed E-state index contributed by atoms with van der Waals surface area (Å²) in [5.74, 6) is 1.05. The van der Waals surface area contributed by atoms with Crippen LogP contribution in [0.15, 0.2) is 11.8 Å². The molecular formula is C9H18O. The van der Waals surface area contributed by atoms with E-state index in [-0.39, 0.29) is 0 Å². The topological polar surface area (TPSA) is 9.23 Å². The first-order valence-corrected chi connectivity index (χ1v) is 4.00. The van der Waals surface area contributed by atoms with Crippen LogP contribution in [0.5, 0.6) is 0 Å². The Bertz CT molecular complexity index is 103. The second-order valence-corrected chi connectivity index (χ2v) is 2.77. The van der Waals surface area contributed by atoms with Crippen LogP contribution in [-0.4, -0.2) is 6.10 Å². The lowest BCUT2D eigenvalue weighted by molar-refractivity contribution is 0.148. The number of unbranched alkanes of at least 4 members (excludes halogenated alkanes) is 1. The predicted octanol–water partition coefficient (Wildman–Crippen LogP) is 3.12. The molecule has 0 unspecified atom stereocenters. The van der Waals surface area contributed by atoms with Gasteiger partial charge in [0.05, 0.1) is 11.9 Å². The van der Waals surface area contributed by atoms with Crippen LogP contribution in [-0.2, 0) is 4.74 Å². The van der Waals surface area contributed by atoms with Crippen molar-refractivity contribution in [2.24, 2.45) is 0 Å². The van der Waals surface area contributed by atoms with Gasteiger partial charge >= 0.3 is 0 Å². The molecule has 0 fully saturated rings. The highest BCUT2D eigenvalue weighted by Crippen LogP contribution is 2.02. The van der Waals surface area contributed by atoms with Crippen LogP contribution >= 0.6 is 0 Å². The number of rotatable bonds is 4. The Morgan fingerprint density at radius 2 is 2.10 bits per heavy atom. The molecule has 60 valence electrons. The van der Waals surface area contributed by atoms with E-state index in [0.717, 1.165) is 12.2 Å². The summed E-state index contributed by atoms with van der Waals surface area (Å²) in [4.78, 5) is 0. The highest BCUT2D eigenvalue weighted by Gasteiger charge is 1.92. The van der Waals surface area contributed by atoms with Gasteiger partial charge in [-0.15, -0.1) is 0 Å². The summed E-state index contributed by atoms with van der Waals surface area (Å²) < 4.78 is 5.41. The smallest absolute Gasteiger partial charge is 0.0926 e. The average molecular weight is 142 g/mol. The van der Waals surface area contributed by atoms with Gasteiger partial charge < -0.3 is 4.74 Å². The zero-order valence-electron chi connectivity index (χ0n) is 7.48. The minimum absolute atomic E-state index is 0.313. The second kappa shape index (κ2) is 5.33. The number of hydrogen-bond donors (Lipinski definition) is 0. The maximum absolute atomic E-state index is 5.41. The third-order valence-electron chi connectivity index (χ3n) is 1.14. The van der Waals surface area contributed by atoms with Gasteiger partial charge in [-0.25, -0.2) is 0 Å².